The van der Waals surface area contributed by atoms with Gasteiger partial charge in [-0.3, -0.25) is 0 Å². The Kier molecular flexibility index (Phi) is 3.03. The zero-order valence-corrected chi connectivity index (χ0v) is 9.68. The standard InChI is InChI=1S/C10H15F3N2S/c11-10(12,13)9(5-6-9)15-8(16)14-7-3-1-2-4-7/h7H,1-6H2,(H2,14,15,16). The number of halogens is 3. The SMILES string of the molecule is FC(F)(F)C1(NC(=S)NC2CCCC2)CC1. The second-order valence-corrected chi connectivity index (χ2v) is 5.07. The van der Waals surface area contributed by atoms with E-state index < -0.39 is 11.7 Å². The number of thiocarbonyl (C=S) groups is 1. The van der Waals surface area contributed by atoms with Gasteiger partial charge in [0.25, 0.3) is 0 Å². The molecule has 2 saturated carbocycles. The maximum Gasteiger partial charge on any atom is 0.411 e. The highest BCUT2D eigenvalue weighted by Gasteiger charge is 2.63. The van der Waals surface area contributed by atoms with Crippen LogP contribution in [-0.2, 0) is 0 Å². The quantitative estimate of drug-likeness (QED) is 0.738. The second-order valence-electron chi connectivity index (χ2n) is 4.66. The van der Waals surface area contributed by atoms with Crippen LogP contribution in [0.5, 0.6) is 0 Å². The van der Waals surface area contributed by atoms with Crippen molar-refractivity contribution in [1.29, 1.82) is 0 Å². The predicted molar refractivity (Wildman–Crippen MR) is 59.1 cm³/mol. The van der Waals surface area contributed by atoms with E-state index in [1.54, 1.807) is 0 Å². The van der Waals surface area contributed by atoms with Gasteiger partial charge in [-0.25, -0.2) is 0 Å². The van der Waals surface area contributed by atoms with Gasteiger partial charge in [0.05, 0.1) is 0 Å². The van der Waals surface area contributed by atoms with Gasteiger partial charge in [-0.1, -0.05) is 12.8 Å². The summed E-state index contributed by atoms with van der Waals surface area (Å²) in [6.45, 7) is 0. The van der Waals surface area contributed by atoms with Crippen molar-refractivity contribution in [3.8, 4) is 0 Å². The van der Waals surface area contributed by atoms with Crippen molar-refractivity contribution in [3.05, 3.63) is 0 Å². The lowest BCUT2D eigenvalue weighted by Crippen LogP contribution is -2.52. The molecule has 2 fully saturated rings. The third-order valence-electron chi connectivity index (χ3n) is 3.34. The van der Waals surface area contributed by atoms with E-state index in [4.69, 9.17) is 12.2 Å². The van der Waals surface area contributed by atoms with E-state index in [9.17, 15) is 13.2 Å². The fourth-order valence-corrected chi connectivity index (χ4v) is 2.48. The Bertz CT molecular complexity index is 280. The Hall–Kier alpha value is -0.520. The first kappa shape index (κ1) is 12.0. The molecule has 0 saturated heterocycles. The predicted octanol–water partition coefficient (Wildman–Crippen LogP) is 2.49. The first-order valence-corrected chi connectivity index (χ1v) is 5.99. The van der Waals surface area contributed by atoms with Crippen molar-refractivity contribution in [2.75, 3.05) is 0 Å². The summed E-state index contributed by atoms with van der Waals surface area (Å²) >= 11 is 4.93. The van der Waals surface area contributed by atoms with Gasteiger partial charge in [0, 0.05) is 6.04 Å². The fraction of sp³-hybridized carbons (Fsp3) is 0.900. The van der Waals surface area contributed by atoms with Crippen LogP contribution in [0, 0.1) is 0 Å². The monoisotopic (exact) mass is 252 g/mol. The zero-order chi connectivity index (χ0) is 11.8. The molecule has 2 aliphatic carbocycles. The summed E-state index contributed by atoms with van der Waals surface area (Å²) in [5.41, 5.74) is -1.74. The molecule has 0 spiro atoms. The Morgan fingerprint density at radius 3 is 2.19 bits per heavy atom. The van der Waals surface area contributed by atoms with Crippen molar-refractivity contribution in [3.63, 3.8) is 0 Å². The lowest BCUT2D eigenvalue weighted by Gasteiger charge is -2.24. The second kappa shape index (κ2) is 4.05. The molecular formula is C10H15F3N2S. The van der Waals surface area contributed by atoms with Gasteiger partial charge in [0.15, 0.2) is 5.11 Å². The van der Waals surface area contributed by atoms with E-state index in [1.165, 1.54) is 0 Å². The maximum absolute atomic E-state index is 12.6. The molecule has 16 heavy (non-hydrogen) atoms. The molecule has 92 valence electrons. The molecule has 0 aromatic carbocycles. The molecule has 2 nitrogen and oxygen atoms in total. The number of rotatable bonds is 2. The molecule has 0 amide bonds. The largest absolute Gasteiger partial charge is 0.411 e. The number of nitrogens with one attached hydrogen (secondary N) is 2. The summed E-state index contributed by atoms with van der Waals surface area (Å²) in [6, 6.07) is 0.254. The maximum atomic E-state index is 12.6. The van der Waals surface area contributed by atoms with Crippen LogP contribution in [0.3, 0.4) is 0 Å². The summed E-state index contributed by atoms with van der Waals surface area (Å²) in [6.07, 6.45) is 0.317. The number of hydrogen-bond acceptors (Lipinski definition) is 1. The topological polar surface area (TPSA) is 24.1 Å². The van der Waals surface area contributed by atoms with Crippen LogP contribution in [0.15, 0.2) is 0 Å². The Balaban J connectivity index is 1.83. The van der Waals surface area contributed by atoms with Gasteiger partial charge in [0.2, 0.25) is 0 Å². The summed E-state index contributed by atoms with van der Waals surface area (Å²) in [7, 11) is 0. The van der Waals surface area contributed by atoms with Crippen LogP contribution >= 0.6 is 12.2 Å². The lowest BCUT2D eigenvalue weighted by molar-refractivity contribution is -0.161. The number of alkyl halides is 3. The highest BCUT2D eigenvalue weighted by atomic mass is 32.1. The van der Waals surface area contributed by atoms with E-state index in [2.05, 4.69) is 10.6 Å². The van der Waals surface area contributed by atoms with Crippen LogP contribution in [0.25, 0.3) is 0 Å². The van der Waals surface area contributed by atoms with Crippen molar-refractivity contribution in [2.24, 2.45) is 0 Å². The van der Waals surface area contributed by atoms with Crippen LogP contribution in [0.1, 0.15) is 38.5 Å². The van der Waals surface area contributed by atoms with E-state index in [-0.39, 0.29) is 24.0 Å². The molecule has 0 bridgehead atoms. The molecular weight excluding hydrogens is 237 g/mol. The summed E-state index contributed by atoms with van der Waals surface area (Å²) in [5, 5.41) is 5.55. The van der Waals surface area contributed by atoms with Gasteiger partial charge in [-0.15, -0.1) is 0 Å². The molecule has 0 heterocycles. The average molecular weight is 252 g/mol. The molecule has 2 N–H and O–H groups in total. The van der Waals surface area contributed by atoms with Gasteiger partial charge >= 0.3 is 6.18 Å². The molecule has 0 atom stereocenters. The van der Waals surface area contributed by atoms with Gasteiger partial charge in [-0.2, -0.15) is 13.2 Å². The Morgan fingerprint density at radius 1 is 1.19 bits per heavy atom. The normalized spacial score (nSPS) is 24.2. The molecule has 0 radical (unpaired) electrons. The third kappa shape index (κ3) is 2.42. The summed E-state index contributed by atoms with van der Waals surface area (Å²) in [5.74, 6) is 0. The fourth-order valence-electron chi connectivity index (χ4n) is 2.11. The van der Waals surface area contributed by atoms with Crippen molar-refractivity contribution in [1.82, 2.24) is 10.6 Å². The number of hydrogen-bond donors (Lipinski definition) is 2. The van der Waals surface area contributed by atoms with E-state index in [1.807, 2.05) is 0 Å². The van der Waals surface area contributed by atoms with Crippen LogP contribution < -0.4 is 10.6 Å². The summed E-state index contributed by atoms with van der Waals surface area (Å²) < 4.78 is 37.9. The first-order valence-electron chi connectivity index (χ1n) is 5.58. The van der Waals surface area contributed by atoms with Crippen molar-refractivity contribution >= 4 is 17.3 Å². The molecule has 0 unspecified atom stereocenters. The zero-order valence-electron chi connectivity index (χ0n) is 8.86. The molecule has 0 aliphatic heterocycles. The average Bonchev–Trinajstić information content (AvgIpc) is 2.75. The minimum atomic E-state index is -4.20. The van der Waals surface area contributed by atoms with E-state index >= 15 is 0 Å². The first-order chi connectivity index (χ1) is 7.43. The van der Waals surface area contributed by atoms with Gasteiger partial charge in [0.1, 0.15) is 5.54 Å². The Labute approximate surface area is 98.0 Å². The van der Waals surface area contributed by atoms with E-state index in [0.717, 1.165) is 25.7 Å². The smallest absolute Gasteiger partial charge is 0.360 e. The highest BCUT2D eigenvalue weighted by Crippen LogP contribution is 2.48. The molecule has 2 rings (SSSR count). The van der Waals surface area contributed by atoms with Gasteiger partial charge < -0.3 is 10.6 Å². The lowest BCUT2D eigenvalue weighted by atomic mass is 10.2. The molecule has 0 aromatic rings. The molecule has 0 aromatic heterocycles. The summed E-state index contributed by atoms with van der Waals surface area (Å²) in [4.78, 5) is 0. The van der Waals surface area contributed by atoms with Crippen LogP contribution in [0.2, 0.25) is 0 Å². The van der Waals surface area contributed by atoms with Crippen molar-refractivity contribution in [2.45, 2.75) is 56.3 Å². The van der Waals surface area contributed by atoms with Crippen LogP contribution in [0.4, 0.5) is 13.2 Å². The minimum Gasteiger partial charge on any atom is -0.360 e. The highest BCUT2D eigenvalue weighted by molar-refractivity contribution is 7.80. The molecule has 6 heteroatoms. The molecule has 2 aliphatic rings. The third-order valence-corrected chi connectivity index (χ3v) is 3.56. The van der Waals surface area contributed by atoms with Crippen LogP contribution in [-0.4, -0.2) is 22.9 Å². The van der Waals surface area contributed by atoms with Gasteiger partial charge in [-0.05, 0) is 37.9 Å². The van der Waals surface area contributed by atoms with Crippen molar-refractivity contribution < 1.29 is 13.2 Å². The minimum absolute atomic E-state index is 0.128. The Morgan fingerprint density at radius 2 is 1.75 bits per heavy atom. The van der Waals surface area contributed by atoms with E-state index in [0.29, 0.717) is 0 Å².